The molecular weight excluding hydrogens is 243 g/mol. The molecule has 7 heteroatoms. The highest BCUT2D eigenvalue weighted by Crippen LogP contribution is 2.28. The van der Waals surface area contributed by atoms with Gasteiger partial charge in [0.15, 0.2) is 0 Å². The normalized spacial score (nSPS) is 11.2. The first-order valence-corrected chi connectivity index (χ1v) is 6.94. The third-order valence-electron chi connectivity index (χ3n) is 1.97. The first kappa shape index (κ1) is 14.0. The van der Waals surface area contributed by atoms with E-state index in [2.05, 4.69) is 12.3 Å². The van der Waals surface area contributed by atoms with Crippen LogP contribution in [0.15, 0.2) is 24.3 Å². The summed E-state index contributed by atoms with van der Waals surface area (Å²) in [5.74, 6) is 0.736. The van der Waals surface area contributed by atoms with Crippen molar-refractivity contribution < 1.29 is 19.1 Å². The van der Waals surface area contributed by atoms with Gasteiger partial charge in [-0.2, -0.15) is 0 Å². The summed E-state index contributed by atoms with van der Waals surface area (Å²) < 4.78 is 16.0. The Hall–Kier alpha value is -1.07. The van der Waals surface area contributed by atoms with Crippen LogP contribution in [0.2, 0.25) is 0 Å². The van der Waals surface area contributed by atoms with E-state index in [1.807, 2.05) is 5.20 Å². The fraction of sp³-hybridized carbons (Fsp3) is 0.400. The Bertz CT molecular complexity index is 376. The zero-order valence-electron chi connectivity index (χ0n) is 9.59. The lowest BCUT2D eigenvalue weighted by molar-refractivity contribution is 0.309. The first-order chi connectivity index (χ1) is 8.01. The summed E-state index contributed by atoms with van der Waals surface area (Å²) in [6.07, 6.45) is 2.08. The Kier molecular flexibility index (Phi) is 5.44. The van der Waals surface area contributed by atoms with Crippen LogP contribution in [0.5, 0.6) is 5.75 Å². The van der Waals surface area contributed by atoms with Crippen molar-refractivity contribution in [2.24, 2.45) is 0 Å². The van der Waals surface area contributed by atoms with E-state index in [4.69, 9.17) is 14.5 Å². The first-order valence-electron chi connectivity index (χ1n) is 5.33. The molecule has 1 aromatic rings. The van der Waals surface area contributed by atoms with Gasteiger partial charge >= 0.3 is 7.75 Å². The van der Waals surface area contributed by atoms with Gasteiger partial charge in [0.1, 0.15) is 5.75 Å². The summed E-state index contributed by atoms with van der Waals surface area (Å²) in [6, 6.07) is 6.81. The molecule has 0 unspecified atom stereocenters. The smallest absolute Gasteiger partial charge is 0.417 e. The van der Waals surface area contributed by atoms with Gasteiger partial charge in [-0.05, 0) is 30.7 Å². The molecule has 6 nitrogen and oxygen atoms in total. The second-order valence-corrected chi connectivity index (χ2v) is 4.82. The number of hydrogen-bond acceptors (Lipinski definition) is 3. The lowest BCUT2D eigenvalue weighted by atomic mass is 10.3. The minimum absolute atomic E-state index is 0.552. The molecule has 0 amide bonds. The summed E-state index contributed by atoms with van der Waals surface area (Å²) in [5.41, 5.74) is 2.96. The monoisotopic (exact) mass is 260 g/mol. The number of benzene rings is 1. The minimum Gasteiger partial charge on any atom is -0.494 e. The molecule has 0 fully saturated rings. The highest BCUT2D eigenvalue weighted by molar-refractivity contribution is 7.49. The number of rotatable bonds is 7. The zero-order chi connectivity index (χ0) is 12.7. The molecule has 0 heterocycles. The van der Waals surface area contributed by atoms with E-state index >= 15 is 0 Å². The van der Waals surface area contributed by atoms with E-state index in [1.54, 1.807) is 24.3 Å². The van der Waals surface area contributed by atoms with Crippen molar-refractivity contribution in [3.05, 3.63) is 24.3 Å². The lowest BCUT2D eigenvalue weighted by Gasteiger charge is -2.10. The number of ether oxygens (including phenoxy) is 1. The van der Waals surface area contributed by atoms with Crippen LogP contribution >= 0.6 is 7.75 Å². The molecule has 0 aromatic heterocycles. The third-order valence-corrected chi connectivity index (χ3v) is 2.37. The van der Waals surface area contributed by atoms with E-state index in [0.717, 1.165) is 18.6 Å². The summed E-state index contributed by atoms with van der Waals surface area (Å²) in [7, 11) is -4.26. The van der Waals surface area contributed by atoms with E-state index in [1.165, 1.54) is 0 Å². The average molecular weight is 260 g/mol. The fourth-order valence-corrected chi connectivity index (χ4v) is 1.38. The van der Waals surface area contributed by atoms with E-state index in [0.29, 0.717) is 12.3 Å². The second-order valence-electron chi connectivity index (χ2n) is 3.51. The van der Waals surface area contributed by atoms with Crippen LogP contribution in [-0.2, 0) is 4.57 Å². The molecule has 17 heavy (non-hydrogen) atoms. The molecule has 0 spiro atoms. The number of hydrazine groups is 1. The Labute approximate surface area is 100 Å². The minimum atomic E-state index is -4.26. The quantitative estimate of drug-likeness (QED) is 0.340. The Balaban J connectivity index is 2.42. The molecule has 0 atom stereocenters. The molecule has 96 valence electrons. The van der Waals surface area contributed by atoms with Gasteiger partial charge in [-0.15, -0.1) is 5.20 Å². The molecule has 0 aliphatic heterocycles. The number of hydrogen-bond donors (Lipinski definition) is 4. The van der Waals surface area contributed by atoms with Gasteiger partial charge in [0.25, 0.3) is 0 Å². The summed E-state index contributed by atoms with van der Waals surface area (Å²) in [4.78, 5) is 17.2. The molecular formula is C10H17N2O4P. The third kappa shape index (κ3) is 6.28. The van der Waals surface area contributed by atoms with Gasteiger partial charge in [0.2, 0.25) is 0 Å². The Morgan fingerprint density at radius 2 is 1.94 bits per heavy atom. The van der Waals surface area contributed by atoms with Crippen LogP contribution in [0.1, 0.15) is 19.8 Å². The van der Waals surface area contributed by atoms with E-state index in [9.17, 15) is 4.57 Å². The van der Waals surface area contributed by atoms with Gasteiger partial charge < -0.3 is 19.9 Å². The Morgan fingerprint density at radius 1 is 1.29 bits per heavy atom. The van der Waals surface area contributed by atoms with Crippen LogP contribution in [-0.4, -0.2) is 16.4 Å². The maximum Gasteiger partial charge on any atom is 0.417 e. The lowest BCUT2D eigenvalue weighted by Crippen LogP contribution is -2.17. The van der Waals surface area contributed by atoms with E-state index < -0.39 is 7.75 Å². The van der Waals surface area contributed by atoms with Crippen LogP contribution < -0.4 is 15.4 Å². The molecule has 0 bridgehead atoms. The molecule has 1 rings (SSSR count). The van der Waals surface area contributed by atoms with E-state index in [-0.39, 0.29) is 0 Å². The number of anilines is 1. The molecule has 0 aliphatic carbocycles. The molecule has 0 saturated carbocycles. The van der Waals surface area contributed by atoms with Crippen LogP contribution in [0.4, 0.5) is 5.69 Å². The van der Waals surface area contributed by atoms with Gasteiger partial charge in [0.05, 0.1) is 6.61 Å². The highest BCUT2D eigenvalue weighted by atomic mass is 31.2. The van der Waals surface area contributed by atoms with Crippen molar-refractivity contribution in [3.63, 3.8) is 0 Å². The SMILES string of the molecule is CCCCOc1ccc(NNP(=O)(O)O)cc1. The van der Waals surface area contributed by atoms with Crippen LogP contribution in [0.25, 0.3) is 0 Å². The number of nitrogens with one attached hydrogen (secondary N) is 2. The largest absolute Gasteiger partial charge is 0.494 e. The van der Waals surface area contributed by atoms with Crippen molar-refractivity contribution >= 4 is 13.4 Å². The molecule has 4 N–H and O–H groups in total. The fourth-order valence-electron chi connectivity index (χ4n) is 1.11. The van der Waals surface area contributed by atoms with Gasteiger partial charge in [-0.1, -0.05) is 13.3 Å². The van der Waals surface area contributed by atoms with Crippen molar-refractivity contribution in [1.82, 2.24) is 5.20 Å². The topological polar surface area (TPSA) is 90.8 Å². The van der Waals surface area contributed by atoms with Gasteiger partial charge in [-0.25, -0.2) is 4.57 Å². The highest BCUT2D eigenvalue weighted by Gasteiger charge is 2.10. The average Bonchev–Trinajstić information content (AvgIpc) is 2.27. The maximum absolute atomic E-state index is 10.5. The second kappa shape index (κ2) is 6.61. The van der Waals surface area contributed by atoms with Gasteiger partial charge in [-0.3, -0.25) is 0 Å². The number of unbranched alkanes of at least 4 members (excludes halogenated alkanes) is 1. The standard InChI is InChI=1S/C10H17N2O4P/c1-2-3-8-16-10-6-4-9(5-7-10)11-12-17(13,14)15/h4-7,11H,2-3,8H2,1H3,(H3,12,13,14,15). The van der Waals surface area contributed by atoms with Crippen molar-refractivity contribution in [1.29, 1.82) is 0 Å². The molecule has 1 aromatic carbocycles. The van der Waals surface area contributed by atoms with Crippen molar-refractivity contribution in [2.45, 2.75) is 19.8 Å². The zero-order valence-corrected chi connectivity index (χ0v) is 10.5. The summed E-state index contributed by atoms with van der Waals surface area (Å²) in [5, 5.41) is 1.89. The van der Waals surface area contributed by atoms with Crippen molar-refractivity contribution in [2.75, 3.05) is 12.0 Å². The summed E-state index contributed by atoms with van der Waals surface area (Å²) in [6.45, 7) is 2.76. The van der Waals surface area contributed by atoms with Gasteiger partial charge in [0, 0.05) is 5.69 Å². The summed E-state index contributed by atoms with van der Waals surface area (Å²) >= 11 is 0. The van der Waals surface area contributed by atoms with Crippen LogP contribution in [0, 0.1) is 0 Å². The predicted molar refractivity (Wildman–Crippen MR) is 65.6 cm³/mol. The predicted octanol–water partition coefficient (Wildman–Crippen LogP) is 1.87. The maximum atomic E-state index is 10.5. The molecule has 0 radical (unpaired) electrons. The Morgan fingerprint density at radius 3 is 2.47 bits per heavy atom. The van der Waals surface area contributed by atoms with Crippen LogP contribution in [0.3, 0.4) is 0 Å². The molecule has 0 aliphatic rings. The van der Waals surface area contributed by atoms with Crippen molar-refractivity contribution in [3.8, 4) is 5.75 Å². The molecule has 0 saturated heterocycles.